The second-order valence-electron chi connectivity index (χ2n) is 5.88. The number of benzene rings is 1. The van der Waals surface area contributed by atoms with Crippen LogP contribution in [-0.4, -0.2) is 46.6 Å². The molecule has 0 saturated carbocycles. The molecule has 8 nitrogen and oxygen atoms in total. The Kier molecular flexibility index (Phi) is 5.88. The molecular formula is C16H21N3O5. The molecule has 4 amide bonds. The van der Waals surface area contributed by atoms with Gasteiger partial charge in [-0.05, 0) is 11.5 Å². The Morgan fingerprint density at radius 3 is 2.58 bits per heavy atom. The summed E-state index contributed by atoms with van der Waals surface area (Å²) in [6.45, 7) is 3.67. The molecule has 0 bridgehead atoms. The van der Waals surface area contributed by atoms with Gasteiger partial charge in [-0.2, -0.15) is 0 Å². The first kappa shape index (κ1) is 17.9. The smallest absolute Gasteiger partial charge is 0.325 e. The minimum Gasteiger partial charge on any atom is -0.374 e. The number of nitrogens with zero attached hydrogens (tertiary/aromatic N) is 1. The van der Waals surface area contributed by atoms with Crippen molar-refractivity contribution >= 4 is 17.8 Å². The number of carbonyl (C=O) groups is 3. The molecule has 2 atom stereocenters. The minimum atomic E-state index is -1.08. The van der Waals surface area contributed by atoms with Crippen LogP contribution in [0.25, 0.3) is 0 Å². The molecule has 0 radical (unpaired) electrons. The highest BCUT2D eigenvalue weighted by atomic mass is 16.5. The molecule has 0 aromatic heterocycles. The molecule has 1 aliphatic rings. The number of ether oxygens (including phenoxy) is 1. The normalized spacial score (nSPS) is 18.7. The highest BCUT2D eigenvalue weighted by Gasteiger charge is 2.45. The van der Waals surface area contributed by atoms with Gasteiger partial charge in [-0.25, -0.2) is 15.2 Å². The van der Waals surface area contributed by atoms with E-state index in [1.165, 1.54) is 5.48 Å². The van der Waals surface area contributed by atoms with Crippen molar-refractivity contribution in [1.82, 2.24) is 15.7 Å². The zero-order valence-electron chi connectivity index (χ0n) is 13.6. The van der Waals surface area contributed by atoms with E-state index < -0.39 is 29.9 Å². The Balaban J connectivity index is 1.98. The molecule has 1 aromatic rings. The second-order valence-corrected chi connectivity index (χ2v) is 5.88. The van der Waals surface area contributed by atoms with Gasteiger partial charge in [-0.3, -0.25) is 14.8 Å². The van der Waals surface area contributed by atoms with Crippen LogP contribution in [0, 0.1) is 5.92 Å². The summed E-state index contributed by atoms with van der Waals surface area (Å²) in [5.74, 6) is -1.70. The van der Waals surface area contributed by atoms with Crippen LogP contribution in [0.2, 0.25) is 0 Å². The Morgan fingerprint density at radius 2 is 2.00 bits per heavy atom. The number of carbonyl (C=O) groups excluding carboxylic acids is 3. The summed E-state index contributed by atoms with van der Waals surface area (Å²) in [5.41, 5.74) is 2.45. The predicted octanol–water partition coefficient (Wildman–Crippen LogP) is 0.654. The quantitative estimate of drug-likeness (QED) is 0.385. The Hall–Kier alpha value is -2.45. The van der Waals surface area contributed by atoms with Crippen molar-refractivity contribution in [3.05, 3.63) is 35.9 Å². The molecule has 2 rings (SSSR count). The highest BCUT2D eigenvalue weighted by Crippen LogP contribution is 2.18. The van der Waals surface area contributed by atoms with Gasteiger partial charge in [-0.1, -0.05) is 44.2 Å². The highest BCUT2D eigenvalue weighted by molar-refractivity contribution is 6.07. The van der Waals surface area contributed by atoms with Gasteiger partial charge in [0.2, 0.25) is 0 Å². The van der Waals surface area contributed by atoms with Gasteiger partial charge >= 0.3 is 6.03 Å². The standard InChI is InChI=1S/C16H21N3O5/c1-10(2)13(14(20)18-23)19-15(21)12(17-16(19)22)9-24-8-11-6-4-3-5-7-11/h3-7,10,12-13,23H,8-9H2,1-2H3,(H,17,22)(H,18,20)/t12-,13+/m0/s1. The summed E-state index contributed by atoms with van der Waals surface area (Å²) in [4.78, 5) is 37.1. The first-order valence-electron chi connectivity index (χ1n) is 7.65. The van der Waals surface area contributed by atoms with Crippen LogP contribution in [0.15, 0.2) is 30.3 Å². The topological polar surface area (TPSA) is 108 Å². The Bertz CT molecular complexity index is 605. The lowest BCUT2D eigenvalue weighted by Crippen LogP contribution is -2.52. The molecule has 1 heterocycles. The Labute approximate surface area is 139 Å². The average Bonchev–Trinajstić information content (AvgIpc) is 2.83. The van der Waals surface area contributed by atoms with Gasteiger partial charge in [0.15, 0.2) is 0 Å². The maximum absolute atomic E-state index is 12.4. The number of urea groups is 1. The fourth-order valence-corrected chi connectivity index (χ4v) is 2.58. The second kappa shape index (κ2) is 7.89. The largest absolute Gasteiger partial charge is 0.374 e. The van der Waals surface area contributed by atoms with Crippen LogP contribution in [-0.2, 0) is 20.9 Å². The van der Waals surface area contributed by atoms with Crippen molar-refractivity contribution in [2.24, 2.45) is 5.92 Å². The van der Waals surface area contributed by atoms with Crippen molar-refractivity contribution in [1.29, 1.82) is 0 Å². The molecule has 1 aromatic carbocycles. The third-order valence-corrected chi connectivity index (χ3v) is 3.74. The van der Waals surface area contributed by atoms with Crippen LogP contribution in [0.5, 0.6) is 0 Å². The average molecular weight is 335 g/mol. The van der Waals surface area contributed by atoms with Crippen LogP contribution in [0.4, 0.5) is 4.79 Å². The van der Waals surface area contributed by atoms with Gasteiger partial charge in [0.25, 0.3) is 11.8 Å². The van der Waals surface area contributed by atoms with Gasteiger partial charge in [0.05, 0.1) is 13.2 Å². The zero-order chi connectivity index (χ0) is 17.7. The lowest BCUT2D eigenvalue weighted by Gasteiger charge is -2.26. The van der Waals surface area contributed by atoms with E-state index in [0.717, 1.165) is 10.5 Å². The van der Waals surface area contributed by atoms with E-state index in [2.05, 4.69) is 5.32 Å². The summed E-state index contributed by atoms with van der Waals surface area (Å²) in [5, 5.41) is 11.3. The number of rotatable bonds is 7. The van der Waals surface area contributed by atoms with Crippen LogP contribution in [0.3, 0.4) is 0 Å². The zero-order valence-corrected chi connectivity index (χ0v) is 13.6. The maximum Gasteiger partial charge on any atom is 0.325 e. The van der Waals surface area contributed by atoms with Gasteiger partial charge < -0.3 is 10.1 Å². The number of amides is 4. The van der Waals surface area contributed by atoms with Crippen LogP contribution in [0.1, 0.15) is 19.4 Å². The molecule has 130 valence electrons. The summed E-state index contributed by atoms with van der Waals surface area (Å²) in [7, 11) is 0. The third-order valence-electron chi connectivity index (χ3n) is 3.74. The molecular weight excluding hydrogens is 314 g/mol. The maximum atomic E-state index is 12.4. The lowest BCUT2D eigenvalue weighted by molar-refractivity contribution is -0.142. The minimum absolute atomic E-state index is 0.00151. The molecule has 1 aliphatic heterocycles. The van der Waals surface area contributed by atoms with Crippen molar-refractivity contribution < 1.29 is 24.3 Å². The number of hydrogen-bond donors (Lipinski definition) is 3. The van der Waals surface area contributed by atoms with Crippen molar-refractivity contribution in [3.63, 3.8) is 0 Å². The first-order valence-corrected chi connectivity index (χ1v) is 7.65. The third kappa shape index (κ3) is 3.90. The lowest BCUT2D eigenvalue weighted by atomic mass is 10.0. The first-order chi connectivity index (χ1) is 11.5. The van der Waals surface area contributed by atoms with E-state index in [4.69, 9.17) is 9.94 Å². The monoisotopic (exact) mass is 335 g/mol. The van der Waals surface area contributed by atoms with Gasteiger partial charge in [-0.15, -0.1) is 0 Å². The fraction of sp³-hybridized carbons (Fsp3) is 0.438. The van der Waals surface area contributed by atoms with E-state index in [-0.39, 0.29) is 12.5 Å². The van der Waals surface area contributed by atoms with E-state index in [1.807, 2.05) is 30.3 Å². The fourth-order valence-electron chi connectivity index (χ4n) is 2.58. The summed E-state index contributed by atoms with van der Waals surface area (Å²) >= 11 is 0. The predicted molar refractivity (Wildman–Crippen MR) is 83.8 cm³/mol. The number of hydroxylamine groups is 1. The van der Waals surface area contributed by atoms with E-state index in [0.29, 0.717) is 6.61 Å². The molecule has 3 N–H and O–H groups in total. The van der Waals surface area contributed by atoms with E-state index in [9.17, 15) is 14.4 Å². The molecule has 0 unspecified atom stereocenters. The van der Waals surface area contributed by atoms with Crippen molar-refractivity contribution in [3.8, 4) is 0 Å². The molecule has 0 aliphatic carbocycles. The summed E-state index contributed by atoms with van der Waals surface area (Å²) < 4.78 is 5.49. The number of nitrogens with one attached hydrogen (secondary N) is 2. The van der Waals surface area contributed by atoms with Gasteiger partial charge in [0.1, 0.15) is 12.1 Å². The molecule has 0 spiro atoms. The molecule has 1 saturated heterocycles. The molecule has 1 fully saturated rings. The number of hydrogen-bond acceptors (Lipinski definition) is 5. The number of imide groups is 1. The van der Waals surface area contributed by atoms with Crippen LogP contribution >= 0.6 is 0 Å². The Morgan fingerprint density at radius 1 is 1.33 bits per heavy atom. The molecule has 8 heteroatoms. The summed E-state index contributed by atoms with van der Waals surface area (Å²) in [6, 6.07) is 6.82. The van der Waals surface area contributed by atoms with Crippen molar-refractivity contribution in [2.45, 2.75) is 32.5 Å². The van der Waals surface area contributed by atoms with Crippen LogP contribution < -0.4 is 10.8 Å². The SMILES string of the molecule is CC(C)[C@H](C(=O)NO)N1C(=O)N[C@@H](COCc2ccccc2)C1=O. The van der Waals surface area contributed by atoms with Crippen molar-refractivity contribution in [2.75, 3.05) is 6.61 Å². The van der Waals surface area contributed by atoms with E-state index >= 15 is 0 Å². The summed E-state index contributed by atoms with van der Waals surface area (Å²) in [6.07, 6.45) is 0. The van der Waals surface area contributed by atoms with Gasteiger partial charge in [0, 0.05) is 0 Å². The molecule has 24 heavy (non-hydrogen) atoms. The van der Waals surface area contributed by atoms with E-state index in [1.54, 1.807) is 13.8 Å².